The van der Waals surface area contributed by atoms with Gasteiger partial charge < -0.3 is 5.73 Å². The van der Waals surface area contributed by atoms with Crippen LogP contribution in [0.5, 0.6) is 0 Å². The zero-order valence-electron chi connectivity index (χ0n) is 11.0. The Labute approximate surface area is 127 Å². The molecule has 0 aliphatic heterocycles. The quantitative estimate of drug-likeness (QED) is 0.885. The number of nitrogens with one attached hydrogen (secondary N) is 1. The SMILES string of the molecule is NCc1ccc(Cl)c(S(=O)(=O)NCc2ccccc2F)c1. The molecule has 0 saturated heterocycles. The van der Waals surface area contributed by atoms with Gasteiger partial charge in [-0.2, -0.15) is 0 Å². The Hall–Kier alpha value is -1.47. The first-order valence-corrected chi connectivity index (χ1v) is 8.01. The van der Waals surface area contributed by atoms with Crippen LogP contribution in [0.4, 0.5) is 4.39 Å². The van der Waals surface area contributed by atoms with Crippen molar-refractivity contribution in [3.63, 3.8) is 0 Å². The van der Waals surface area contributed by atoms with Gasteiger partial charge in [-0.05, 0) is 23.8 Å². The number of rotatable bonds is 5. The van der Waals surface area contributed by atoms with Crippen LogP contribution in [0.1, 0.15) is 11.1 Å². The lowest BCUT2D eigenvalue weighted by atomic mass is 10.2. The van der Waals surface area contributed by atoms with Crippen LogP contribution in [-0.4, -0.2) is 8.42 Å². The minimum atomic E-state index is -3.84. The van der Waals surface area contributed by atoms with Crippen molar-refractivity contribution in [1.82, 2.24) is 4.72 Å². The lowest BCUT2D eigenvalue weighted by molar-refractivity contribution is 0.574. The molecular formula is C14H14ClFN2O2S. The first-order chi connectivity index (χ1) is 9.94. The molecule has 0 radical (unpaired) electrons. The van der Waals surface area contributed by atoms with E-state index in [1.165, 1.54) is 30.3 Å². The monoisotopic (exact) mass is 328 g/mol. The number of halogens is 2. The van der Waals surface area contributed by atoms with Crippen LogP contribution in [-0.2, 0) is 23.1 Å². The van der Waals surface area contributed by atoms with Gasteiger partial charge in [0.1, 0.15) is 10.7 Å². The highest BCUT2D eigenvalue weighted by atomic mass is 35.5. The minimum Gasteiger partial charge on any atom is -0.326 e. The third-order valence-corrected chi connectivity index (χ3v) is 4.81. The second-order valence-electron chi connectivity index (χ2n) is 4.38. The van der Waals surface area contributed by atoms with Gasteiger partial charge >= 0.3 is 0 Å². The van der Waals surface area contributed by atoms with Crippen LogP contribution in [0.25, 0.3) is 0 Å². The van der Waals surface area contributed by atoms with Crippen molar-refractivity contribution < 1.29 is 12.8 Å². The van der Waals surface area contributed by atoms with Crippen molar-refractivity contribution in [2.75, 3.05) is 0 Å². The summed E-state index contributed by atoms with van der Waals surface area (Å²) in [4.78, 5) is -0.0662. The third-order valence-electron chi connectivity index (χ3n) is 2.93. The molecular weight excluding hydrogens is 315 g/mol. The molecule has 4 nitrogen and oxygen atoms in total. The molecule has 0 fully saturated rings. The van der Waals surface area contributed by atoms with Crippen LogP contribution < -0.4 is 10.5 Å². The maximum absolute atomic E-state index is 13.5. The molecule has 0 spiro atoms. The van der Waals surface area contributed by atoms with Crippen LogP contribution in [0.15, 0.2) is 47.4 Å². The Bertz CT molecular complexity index is 750. The van der Waals surface area contributed by atoms with Gasteiger partial charge in [0.15, 0.2) is 0 Å². The molecule has 0 aliphatic rings. The van der Waals surface area contributed by atoms with E-state index in [4.69, 9.17) is 17.3 Å². The van der Waals surface area contributed by atoms with Crippen molar-refractivity contribution in [2.45, 2.75) is 18.0 Å². The summed E-state index contributed by atoms with van der Waals surface area (Å²) in [5.74, 6) is -0.470. The van der Waals surface area contributed by atoms with E-state index >= 15 is 0 Å². The standard InChI is InChI=1S/C14H14ClFN2O2S/c15-12-6-5-10(8-17)7-14(12)21(19,20)18-9-11-3-1-2-4-13(11)16/h1-7,18H,8-9,17H2. The smallest absolute Gasteiger partial charge is 0.242 e. The highest BCUT2D eigenvalue weighted by Crippen LogP contribution is 2.22. The van der Waals surface area contributed by atoms with E-state index in [1.807, 2.05) is 0 Å². The second-order valence-corrected chi connectivity index (χ2v) is 6.53. The Morgan fingerprint density at radius 3 is 2.57 bits per heavy atom. The molecule has 3 N–H and O–H groups in total. The molecule has 7 heteroatoms. The number of benzene rings is 2. The molecule has 0 amide bonds. The van der Waals surface area contributed by atoms with Gasteiger partial charge in [-0.1, -0.05) is 35.9 Å². The fraction of sp³-hybridized carbons (Fsp3) is 0.143. The second kappa shape index (κ2) is 6.53. The average Bonchev–Trinajstić information content (AvgIpc) is 2.47. The molecule has 0 bridgehead atoms. The lowest BCUT2D eigenvalue weighted by Gasteiger charge is -2.10. The van der Waals surface area contributed by atoms with Crippen molar-refractivity contribution in [2.24, 2.45) is 5.73 Å². The van der Waals surface area contributed by atoms with E-state index in [0.717, 1.165) is 0 Å². The summed E-state index contributed by atoms with van der Waals surface area (Å²) >= 11 is 5.92. The lowest BCUT2D eigenvalue weighted by Crippen LogP contribution is -2.24. The molecule has 112 valence electrons. The van der Waals surface area contributed by atoms with Gasteiger partial charge in [0.2, 0.25) is 10.0 Å². The molecule has 0 heterocycles. The normalized spacial score (nSPS) is 11.6. The first-order valence-electron chi connectivity index (χ1n) is 6.15. The molecule has 0 unspecified atom stereocenters. The van der Waals surface area contributed by atoms with E-state index in [9.17, 15) is 12.8 Å². The number of sulfonamides is 1. The Kier molecular flexibility index (Phi) is 4.95. The van der Waals surface area contributed by atoms with Crippen molar-refractivity contribution >= 4 is 21.6 Å². The van der Waals surface area contributed by atoms with Crippen molar-refractivity contribution in [1.29, 1.82) is 0 Å². The molecule has 0 aromatic heterocycles. The Morgan fingerprint density at radius 1 is 1.19 bits per heavy atom. The van der Waals surface area contributed by atoms with Gasteiger partial charge in [0, 0.05) is 18.7 Å². The van der Waals surface area contributed by atoms with Gasteiger partial charge in [0.25, 0.3) is 0 Å². The Morgan fingerprint density at radius 2 is 1.90 bits per heavy atom. The molecule has 21 heavy (non-hydrogen) atoms. The van der Waals surface area contributed by atoms with E-state index in [1.54, 1.807) is 12.1 Å². The van der Waals surface area contributed by atoms with E-state index in [0.29, 0.717) is 5.56 Å². The summed E-state index contributed by atoms with van der Waals surface area (Å²) < 4.78 is 40.3. The largest absolute Gasteiger partial charge is 0.326 e. The van der Waals surface area contributed by atoms with Crippen molar-refractivity contribution in [3.8, 4) is 0 Å². The summed E-state index contributed by atoms with van der Waals surface area (Å²) in [5.41, 5.74) is 6.39. The fourth-order valence-corrected chi connectivity index (χ4v) is 3.33. The molecule has 2 aromatic carbocycles. The summed E-state index contributed by atoms with van der Waals surface area (Å²) in [6.07, 6.45) is 0. The maximum Gasteiger partial charge on any atom is 0.242 e. The minimum absolute atomic E-state index is 0.0662. The van der Waals surface area contributed by atoms with Crippen LogP contribution in [0.2, 0.25) is 5.02 Å². The van der Waals surface area contributed by atoms with Crippen LogP contribution in [0.3, 0.4) is 0 Å². The zero-order chi connectivity index (χ0) is 15.5. The average molecular weight is 329 g/mol. The summed E-state index contributed by atoms with van der Waals surface area (Å²) in [6.45, 7) is 0.0468. The molecule has 2 rings (SSSR count). The molecule has 0 aliphatic carbocycles. The zero-order valence-corrected chi connectivity index (χ0v) is 12.6. The van der Waals surface area contributed by atoms with Gasteiger partial charge in [-0.25, -0.2) is 17.5 Å². The number of nitrogens with two attached hydrogens (primary N) is 1. The predicted octanol–water partition coefficient (Wildman–Crippen LogP) is 2.42. The topological polar surface area (TPSA) is 72.2 Å². The molecule has 0 atom stereocenters. The summed E-state index contributed by atoms with van der Waals surface area (Å²) in [6, 6.07) is 10.5. The highest BCUT2D eigenvalue weighted by Gasteiger charge is 2.18. The predicted molar refractivity (Wildman–Crippen MR) is 79.8 cm³/mol. The highest BCUT2D eigenvalue weighted by molar-refractivity contribution is 7.89. The third kappa shape index (κ3) is 3.79. The van der Waals surface area contributed by atoms with E-state index in [2.05, 4.69) is 4.72 Å². The first kappa shape index (κ1) is 15.9. The van der Waals surface area contributed by atoms with Gasteiger partial charge in [-0.15, -0.1) is 0 Å². The Balaban J connectivity index is 2.25. The van der Waals surface area contributed by atoms with Crippen molar-refractivity contribution in [3.05, 3.63) is 64.4 Å². The van der Waals surface area contributed by atoms with Crippen LogP contribution in [0, 0.1) is 5.82 Å². The van der Waals surface area contributed by atoms with Gasteiger partial charge in [-0.3, -0.25) is 0 Å². The maximum atomic E-state index is 13.5. The number of hydrogen-bond donors (Lipinski definition) is 2. The molecule has 2 aromatic rings. The van der Waals surface area contributed by atoms with E-state index in [-0.39, 0.29) is 28.6 Å². The van der Waals surface area contributed by atoms with Gasteiger partial charge in [0.05, 0.1) is 5.02 Å². The molecule has 0 saturated carbocycles. The fourth-order valence-electron chi connectivity index (χ4n) is 1.77. The van der Waals surface area contributed by atoms with E-state index < -0.39 is 15.8 Å². The number of hydrogen-bond acceptors (Lipinski definition) is 3. The summed E-state index contributed by atoms with van der Waals surface area (Å²) in [5, 5.41) is 0.0910. The van der Waals surface area contributed by atoms with Crippen LogP contribution >= 0.6 is 11.6 Å². The summed E-state index contributed by atoms with van der Waals surface area (Å²) in [7, 11) is -3.84.